The zero-order valence-corrected chi connectivity index (χ0v) is 16.4. The average Bonchev–Trinajstić information content (AvgIpc) is 3.04. The molecule has 1 unspecified atom stereocenters. The molecule has 1 atom stereocenters. The van der Waals surface area contributed by atoms with Gasteiger partial charge in [0.15, 0.2) is 6.10 Å². The first kappa shape index (κ1) is 18.5. The van der Waals surface area contributed by atoms with Gasteiger partial charge in [0, 0.05) is 33.2 Å². The van der Waals surface area contributed by atoms with Gasteiger partial charge in [-0.1, -0.05) is 30.3 Å². The molecule has 1 saturated heterocycles. The molecule has 4 rings (SSSR count). The Hall–Kier alpha value is -2.86. The molecule has 28 heavy (non-hydrogen) atoms. The van der Waals surface area contributed by atoms with Crippen molar-refractivity contribution < 1.29 is 9.53 Å². The molecule has 0 spiro atoms. The van der Waals surface area contributed by atoms with Crippen molar-refractivity contribution in [3.63, 3.8) is 0 Å². The largest absolute Gasteiger partial charge is 0.481 e. The average molecular weight is 378 g/mol. The van der Waals surface area contributed by atoms with E-state index < -0.39 is 6.10 Å². The normalized spacial score (nSPS) is 16.3. The summed E-state index contributed by atoms with van der Waals surface area (Å²) in [6.07, 6.45) is -0.478. The molecule has 146 valence electrons. The van der Waals surface area contributed by atoms with E-state index in [0.717, 1.165) is 42.2 Å². The first-order valence-corrected chi connectivity index (χ1v) is 9.75. The molecule has 1 fully saturated rings. The van der Waals surface area contributed by atoms with Gasteiger partial charge in [0.25, 0.3) is 5.91 Å². The Morgan fingerprint density at radius 3 is 2.43 bits per heavy atom. The molecule has 0 radical (unpaired) electrons. The van der Waals surface area contributed by atoms with Gasteiger partial charge in [0.1, 0.15) is 11.6 Å². The zero-order chi connectivity index (χ0) is 19.5. The number of rotatable bonds is 5. The second-order valence-corrected chi connectivity index (χ2v) is 7.25. The van der Waals surface area contributed by atoms with Gasteiger partial charge in [0.05, 0.1) is 17.6 Å². The molecule has 0 N–H and O–H groups in total. The lowest BCUT2D eigenvalue weighted by Gasteiger charge is -2.35. The van der Waals surface area contributed by atoms with Crippen molar-refractivity contribution in [1.82, 2.24) is 19.4 Å². The molecule has 2 heterocycles. The lowest BCUT2D eigenvalue weighted by atomic mass is 10.2. The van der Waals surface area contributed by atoms with E-state index in [0.29, 0.717) is 13.1 Å². The van der Waals surface area contributed by atoms with Crippen LogP contribution >= 0.6 is 0 Å². The molecule has 0 aliphatic carbocycles. The van der Waals surface area contributed by atoms with Crippen LogP contribution in [-0.2, 0) is 18.4 Å². The van der Waals surface area contributed by atoms with Crippen LogP contribution in [0.5, 0.6) is 5.75 Å². The summed E-state index contributed by atoms with van der Waals surface area (Å²) in [6, 6.07) is 17.7. The number of para-hydroxylation sites is 3. The molecule has 3 aromatic rings. The van der Waals surface area contributed by atoms with Crippen LogP contribution in [0.2, 0.25) is 0 Å². The number of nitrogens with zero attached hydrogens (tertiary/aromatic N) is 4. The molecule has 6 nitrogen and oxygen atoms in total. The highest BCUT2D eigenvalue weighted by atomic mass is 16.5. The zero-order valence-electron chi connectivity index (χ0n) is 16.4. The van der Waals surface area contributed by atoms with E-state index in [-0.39, 0.29) is 5.91 Å². The Morgan fingerprint density at radius 2 is 1.71 bits per heavy atom. The summed E-state index contributed by atoms with van der Waals surface area (Å²) in [6.45, 7) is 5.72. The molecule has 1 aliphatic rings. The SMILES string of the molecule is CC(Oc1ccccc1)C(=O)N1CCN(Cc2nc3ccccc3n2C)CC1. The minimum absolute atomic E-state index is 0.0474. The molecule has 0 saturated carbocycles. The van der Waals surface area contributed by atoms with Crippen molar-refractivity contribution in [2.45, 2.75) is 19.6 Å². The van der Waals surface area contributed by atoms with Gasteiger partial charge in [-0.15, -0.1) is 0 Å². The van der Waals surface area contributed by atoms with Crippen molar-refractivity contribution >= 4 is 16.9 Å². The van der Waals surface area contributed by atoms with E-state index >= 15 is 0 Å². The summed E-state index contributed by atoms with van der Waals surface area (Å²) in [5, 5.41) is 0. The number of carbonyl (C=O) groups is 1. The first-order chi connectivity index (χ1) is 13.6. The maximum atomic E-state index is 12.7. The van der Waals surface area contributed by atoms with E-state index in [2.05, 4.69) is 22.6 Å². The van der Waals surface area contributed by atoms with Gasteiger partial charge in [-0.3, -0.25) is 9.69 Å². The number of amides is 1. The maximum Gasteiger partial charge on any atom is 0.263 e. The Balaban J connectivity index is 1.32. The van der Waals surface area contributed by atoms with Crippen LogP contribution in [0.15, 0.2) is 54.6 Å². The van der Waals surface area contributed by atoms with E-state index in [9.17, 15) is 4.79 Å². The predicted molar refractivity (Wildman–Crippen MR) is 109 cm³/mol. The van der Waals surface area contributed by atoms with E-state index in [1.54, 1.807) is 0 Å². The van der Waals surface area contributed by atoms with Crippen LogP contribution < -0.4 is 4.74 Å². The lowest BCUT2D eigenvalue weighted by molar-refractivity contribution is -0.139. The highest BCUT2D eigenvalue weighted by molar-refractivity contribution is 5.81. The topological polar surface area (TPSA) is 50.6 Å². The molecular formula is C22H26N4O2. The number of hydrogen-bond acceptors (Lipinski definition) is 4. The fourth-order valence-electron chi connectivity index (χ4n) is 3.67. The van der Waals surface area contributed by atoms with Crippen LogP contribution in [0.25, 0.3) is 11.0 Å². The minimum atomic E-state index is -0.478. The summed E-state index contributed by atoms with van der Waals surface area (Å²) >= 11 is 0. The maximum absolute atomic E-state index is 12.7. The second kappa shape index (κ2) is 8.02. The van der Waals surface area contributed by atoms with Crippen molar-refractivity contribution in [1.29, 1.82) is 0 Å². The van der Waals surface area contributed by atoms with Gasteiger partial charge in [-0.25, -0.2) is 4.98 Å². The van der Waals surface area contributed by atoms with E-state index in [1.165, 1.54) is 0 Å². The third kappa shape index (κ3) is 3.87. The fraction of sp³-hybridized carbons (Fsp3) is 0.364. The number of ether oxygens (including phenoxy) is 1. The minimum Gasteiger partial charge on any atom is -0.481 e. The quantitative estimate of drug-likeness (QED) is 0.685. The number of benzene rings is 2. The van der Waals surface area contributed by atoms with Crippen molar-refractivity contribution in [3.05, 3.63) is 60.4 Å². The van der Waals surface area contributed by atoms with Gasteiger partial charge in [-0.05, 0) is 31.2 Å². The Labute approximate surface area is 165 Å². The molecule has 0 bridgehead atoms. The highest BCUT2D eigenvalue weighted by Crippen LogP contribution is 2.17. The first-order valence-electron chi connectivity index (χ1n) is 9.75. The molecule has 1 aliphatic heterocycles. The third-order valence-electron chi connectivity index (χ3n) is 5.33. The summed E-state index contributed by atoms with van der Waals surface area (Å²) in [5.41, 5.74) is 2.18. The van der Waals surface area contributed by atoms with Gasteiger partial charge >= 0.3 is 0 Å². The third-order valence-corrected chi connectivity index (χ3v) is 5.33. The number of imidazole rings is 1. The van der Waals surface area contributed by atoms with Gasteiger partial charge in [0.2, 0.25) is 0 Å². The van der Waals surface area contributed by atoms with Crippen LogP contribution in [0.4, 0.5) is 0 Å². The predicted octanol–water partition coefficient (Wildman–Crippen LogP) is 2.69. The Bertz CT molecular complexity index is 946. The standard InChI is InChI=1S/C22H26N4O2/c1-17(28-18-8-4-3-5-9-18)22(27)26-14-12-25(13-15-26)16-21-23-19-10-6-7-11-20(19)24(21)2/h3-11,17H,12-16H2,1-2H3. The molecular weight excluding hydrogens is 352 g/mol. The number of piperazine rings is 1. The number of fused-ring (bicyclic) bond motifs is 1. The van der Waals surface area contributed by atoms with Crippen molar-refractivity contribution in [3.8, 4) is 5.75 Å². The summed E-state index contributed by atoms with van der Waals surface area (Å²) in [5.74, 6) is 1.83. The molecule has 1 amide bonds. The monoisotopic (exact) mass is 378 g/mol. The molecule has 1 aromatic heterocycles. The lowest BCUT2D eigenvalue weighted by Crippen LogP contribution is -2.51. The second-order valence-electron chi connectivity index (χ2n) is 7.25. The Kier molecular flexibility index (Phi) is 5.30. The molecule has 6 heteroatoms. The number of hydrogen-bond donors (Lipinski definition) is 0. The number of carbonyl (C=O) groups excluding carboxylic acids is 1. The van der Waals surface area contributed by atoms with Gasteiger partial charge in [-0.2, -0.15) is 0 Å². The van der Waals surface area contributed by atoms with E-state index in [1.807, 2.05) is 60.4 Å². The van der Waals surface area contributed by atoms with Crippen LogP contribution in [0.1, 0.15) is 12.7 Å². The summed E-state index contributed by atoms with van der Waals surface area (Å²) in [7, 11) is 2.06. The summed E-state index contributed by atoms with van der Waals surface area (Å²) < 4.78 is 7.94. The Morgan fingerprint density at radius 1 is 1.04 bits per heavy atom. The van der Waals surface area contributed by atoms with Crippen molar-refractivity contribution in [2.24, 2.45) is 7.05 Å². The van der Waals surface area contributed by atoms with Gasteiger partial charge < -0.3 is 14.2 Å². The number of aromatic nitrogens is 2. The fourth-order valence-corrected chi connectivity index (χ4v) is 3.67. The van der Waals surface area contributed by atoms with Crippen LogP contribution in [0, 0.1) is 0 Å². The highest BCUT2D eigenvalue weighted by Gasteiger charge is 2.26. The number of aryl methyl sites for hydroxylation is 1. The van der Waals surface area contributed by atoms with Crippen molar-refractivity contribution in [2.75, 3.05) is 26.2 Å². The van der Waals surface area contributed by atoms with Crippen LogP contribution in [-0.4, -0.2) is 57.5 Å². The summed E-state index contributed by atoms with van der Waals surface area (Å²) in [4.78, 5) is 21.7. The smallest absolute Gasteiger partial charge is 0.263 e. The molecule has 2 aromatic carbocycles. The van der Waals surface area contributed by atoms with E-state index in [4.69, 9.17) is 9.72 Å². The van der Waals surface area contributed by atoms with Crippen LogP contribution in [0.3, 0.4) is 0 Å².